The summed E-state index contributed by atoms with van der Waals surface area (Å²) < 4.78 is 5.12. The number of ether oxygens (including phenoxy) is 1. The molecule has 0 unspecified atom stereocenters. The van der Waals surface area contributed by atoms with Crippen LogP contribution in [0.3, 0.4) is 0 Å². The third kappa shape index (κ3) is 3.18. The second kappa shape index (κ2) is 6.97. The molecule has 1 atom stereocenters. The molecule has 3 N–H and O–H groups in total. The Hall–Kier alpha value is -3.81. The van der Waals surface area contributed by atoms with Crippen LogP contribution in [-0.4, -0.2) is 34.9 Å². The van der Waals surface area contributed by atoms with E-state index in [1.54, 1.807) is 44.5 Å². The fourth-order valence-corrected chi connectivity index (χ4v) is 3.48. The van der Waals surface area contributed by atoms with Crippen molar-refractivity contribution in [2.24, 2.45) is 0 Å². The number of benzene rings is 2. The predicted molar refractivity (Wildman–Crippen MR) is 106 cm³/mol. The van der Waals surface area contributed by atoms with Crippen molar-refractivity contribution in [1.29, 1.82) is 0 Å². The van der Waals surface area contributed by atoms with Crippen LogP contribution in [0.25, 0.3) is 10.9 Å². The number of nitrogens with zero attached hydrogens (tertiary/aromatic N) is 1. The van der Waals surface area contributed by atoms with E-state index < -0.39 is 23.4 Å². The lowest BCUT2D eigenvalue weighted by Crippen LogP contribution is -2.48. The van der Waals surface area contributed by atoms with Crippen molar-refractivity contribution in [2.45, 2.75) is 18.9 Å². The number of hydrazine groups is 1. The fourth-order valence-electron chi connectivity index (χ4n) is 3.48. The lowest BCUT2D eigenvalue weighted by molar-refractivity contribution is -0.138. The highest BCUT2D eigenvalue weighted by Gasteiger charge is 2.50. The molecule has 8 heteroatoms. The molecule has 2 heterocycles. The molecular formula is C21H20N4O4. The average molecular weight is 392 g/mol. The van der Waals surface area contributed by atoms with Crippen molar-refractivity contribution >= 4 is 28.7 Å². The second-order valence-electron chi connectivity index (χ2n) is 7.00. The summed E-state index contributed by atoms with van der Waals surface area (Å²) in [5.74, 6) is -0.379. The van der Waals surface area contributed by atoms with Gasteiger partial charge in [0.25, 0.3) is 5.91 Å². The van der Waals surface area contributed by atoms with Crippen molar-refractivity contribution in [3.63, 3.8) is 0 Å². The number of aromatic amines is 1. The number of nitrogens with one attached hydrogen (secondary N) is 3. The number of hydrogen-bond acceptors (Lipinski definition) is 4. The van der Waals surface area contributed by atoms with Crippen LogP contribution in [0.15, 0.2) is 54.7 Å². The van der Waals surface area contributed by atoms with Gasteiger partial charge < -0.3 is 15.0 Å². The van der Waals surface area contributed by atoms with Gasteiger partial charge in [-0.2, -0.15) is 5.01 Å². The Morgan fingerprint density at radius 3 is 2.59 bits per heavy atom. The van der Waals surface area contributed by atoms with Crippen molar-refractivity contribution < 1.29 is 19.1 Å². The summed E-state index contributed by atoms with van der Waals surface area (Å²) in [6, 6.07) is 13.7. The normalized spacial score (nSPS) is 18.8. The van der Waals surface area contributed by atoms with Crippen LogP contribution in [-0.2, 0) is 21.5 Å². The summed E-state index contributed by atoms with van der Waals surface area (Å²) in [4.78, 5) is 40.9. The van der Waals surface area contributed by atoms with Gasteiger partial charge in [0.2, 0.25) is 5.91 Å². The number of methoxy groups -OCH3 is 1. The smallest absolute Gasteiger partial charge is 0.344 e. The Morgan fingerprint density at radius 2 is 1.86 bits per heavy atom. The molecule has 4 amide bonds. The first-order chi connectivity index (χ1) is 13.9. The zero-order valence-corrected chi connectivity index (χ0v) is 16.0. The van der Waals surface area contributed by atoms with Crippen LogP contribution in [0, 0.1) is 0 Å². The molecule has 0 saturated carbocycles. The number of urea groups is 1. The van der Waals surface area contributed by atoms with Gasteiger partial charge in [-0.25, -0.2) is 4.79 Å². The standard InChI is InChI=1S/C21H20N4O4/c1-21(14-7-9-15(29-2)10-8-14)19(27)25(20(28)23-21)24-18(26)11-13-12-22-17-6-4-3-5-16(13)17/h3-10,12,22H,11H2,1-2H3,(H,23,28)(H,24,26)/t21-/m1/s1. The van der Waals surface area contributed by atoms with Crippen LogP contribution in [0.5, 0.6) is 5.75 Å². The molecule has 1 aliphatic rings. The molecule has 2 aromatic carbocycles. The Morgan fingerprint density at radius 1 is 1.14 bits per heavy atom. The topological polar surface area (TPSA) is 104 Å². The first-order valence-corrected chi connectivity index (χ1v) is 9.08. The largest absolute Gasteiger partial charge is 0.497 e. The Balaban J connectivity index is 1.50. The molecule has 0 spiro atoms. The summed E-state index contributed by atoms with van der Waals surface area (Å²) in [5.41, 5.74) is 3.43. The number of carbonyl (C=O) groups excluding carboxylic acids is 3. The minimum absolute atomic E-state index is 0.0281. The summed E-state index contributed by atoms with van der Waals surface area (Å²) in [5, 5.41) is 4.31. The first-order valence-electron chi connectivity index (χ1n) is 9.08. The van der Waals surface area contributed by atoms with Gasteiger partial charge in [-0.15, -0.1) is 0 Å². The fraction of sp³-hybridized carbons (Fsp3) is 0.190. The minimum Gasteiger partial charge on any atom is -0.497 e. The van der Waals surface area contributed by atoms with E-state index in [1.165, 1.54) is 0 Å². The summed E-state index contributed by atoms with van der Waals surface area (Å²) in [6.07, 6.45) is 1.78. The van der Waals surface area contributed by atoms with Crippen molar-refractivity contribution in [3.05, 3.63) is 65.9 Å². The highest BCUT2D eigenvalue weighted by atomic mass is 16.5. The molecule has 0 radical (unpaired) electrons. The highest BCUT2D eigenvalue weighted by molar-refractivity contribution is 6.08. The van der Waals surface area contributed by atoms with Gasteiger partial charge in [0.15, 0.2) is 0 Å². The van der Waals surface area contributed by atoms with E-state index in [4.69, 9.17) is 4.74 Å². The highest BCUT2D eigenvalue weighted by Crippen LogP contribution is 2.29. The number of para-hydroxylation sites is 1. The predicted octanol–water partition coefficient (Wildman–Crippen LogP) is 2.22. The van der Waals surface area contributed by atoms with E-state index in [9.17, 15) is 14.4 Å². The molecule has 3 aromatic rings. The maximum Gasteiger partial charge on any atom is 0.344 e. The van der Waals surface area contributed by atoms with Gasteiger partial charge in [0, 0.05) is 17.1 Å². The zero-order valence-electron chi connectivity index (χ0n) is 16.0. The van der Waals surface area contributed by atoms with Gasteiger partial charge in [-0.05, 0) is 36.2 Å². The molecule has 4 rings (SSSR count). The SMILES string of the molecule is COc1ccc([C@@]2(C)NC(=O)N(NC(=O)Cc3c[nH]c4ccccc34)C2=O)cc1. The number of imide groups is 1. The lowest BCUT2D eigenvalue weighted by atomic mass is 9.92. The summed E-state index contributed by atoms with van der Waals surface area (Å²) in [6.45, 7) is 1.60. The van der Waals surface area contributed by atoms with Crippen LogP contribution in [0.1, 0.15) is 18.1 Å². The molecule has 0 bridgehead atoms. The lowest BCUT2D eigenvalue weighted by Gasteiger charge is -2.22. The molecule has 1 aromatic heterocycles. The number of amides is 4. The monoisotopic (exact) mass is 392 g/mol. The van der Waals surface area contributed by atoms with E-state index >= 15 is 0 Å². The van der Waals surface area contributed by atoms with E-state index in [1.807, 2.05) is 24.3 Å². The minimum atomic E-state index is -1.28. The van der Waals surface area contributed by atoms with Crippen LogP contribution < -0.4 is 15.5 Å². The quantitative estimate of drug-likeness (QED) is 0.579. The molecule has 0 aliphatic carbocycles. The Labute approximate surface area is 166 Å². The van der Waals surface area contributed by atoms with Gasteiger partial charge >= 0.3 is 6.03 Å². The third-order valence-electron chi connectivity index (χ3n) is 5.12. The van der Waals surface area contributed by atoms with Gasteiger partial charge in [-0.3, -0.25) is 15.0 Å². The molecule has 148 valence electrons. The van der Waals surface area contributed by atoms with Crippen LogP contribution in [0.2, 0.25) is 0 Å². The molecular weight excluding hydrogens is 372 g/mol. The second-order valence-corrected chi connectivity index (χ2v) is 7.00. The van der Waals surface area contributed by atoms with Crippen LogP contribution in [0.4, 0.5) is 4.79 Å². The maximum absolute atomic E-state index is 12.9. The molecule has 1 saturated heterocycles. The Bertz CT molecular complexity index is 1110. The number of H-pyrrole nitrogens is 1. The summed E-state index contributed by atoms with van der Waals surface area (Å²) >= 11 is 0. The third-order valence-corrected chi connectivity index (χ3v) is 5.12. The number of carbonyl (C=O) groups is 3. The van der Waals surface area contributed by atoms with E-state index in [0.717, 1.165) is 21.5 Å². The van der Waals surface area contributed by atoms with Gasteiger partial charge in [0.05, 0.1) is 13.5 Å². The van der Waals surface area contributed by atoms with Gasteiger partial charge in [-0.1, -0.05) is 30.3 Å². The molecule has 1 fully saturated rings. The molecule has 8 nitrogen and oxygen atoms in total. The van der Waals surface area contributed by atoms with Crippen molar-refractivity contribution in [1.82, 2.24) is 20.7 Å². The molecule has 1 aliphatic heterocycles. The number of hydrogen-bond donors (Lipinski definition) is 3. The summed E-state index contributed by atoms with van der Waals surface area (Å²) in [7, 11) is 1.55. The number of aromatic nitrogens is 1. The van der Waals surface area contributed by atoms with Crippen molar-refractivity contribution in [3.8, 4) is 5.75 Å². The number of rotatable bonds is 5. The first kappa shape index (κ1) is 18.5. The average Bonchev–Trinajstić information content (AvgIpc) is 3.23. The van der Waals surface area contributed by atoms with E-state index in [0.29, 0.717) is 11.3 Å². The van der Waals surface area contributed by atoms with Gasteiger partial charge in [0.1, 0.15) is 11.3 Å². The van der Waals surface area contributed by atoms with Crippen molar-refractivity contribution in [2.75, 3.05) is 7.11 Å². The maximum atomic E-state index is 12.9. The number of fused-ring (bicyclic) bond motifs is 1. The van der Waals surface area contributed by atoms with E-state index in [2.05, 4.69) is 15.7 Å². The zero-order chi connectivity index (χ0) is 20.6. The van der Waals surface area contributed by atoms with E-state index in [-0.39, 0.29) is 6.42 Å². The molecule has 29 heavy (non-hydrogen) atoms. The van der Waals surface area contributed by atoms with Crippen LogP contribution >= 0.6 is 0 Å². The Kier molecular flexibility index (Phi) is 4.46.